The number of phenols is 1. The molecule has 4 nitrogen and oxygen atoms in total. The van der Waals surface area contributed by atoms with Gasteiger partial charge in [-0.15, -0.1) is 0 Å². The molecule has 0 radical (unpaired) electrons. The number of hydrogen-bond acceptors (Lipinski definition) is 4. The second kappa shape index (κ2) is 7.95. The van der Waals surface area contributed by atoms with Crippen molar-refractivity contribution in [2.75, 3.05) is 33.9 Å². The Labute approximate surface area is 109 Å². The van der Waals surface area contributed by atoms with Gasteiger partial charge in [0.2, 0.25) is 0 Å². The molecule has 0 amide bonds. The summed E-state index contributed by atoms with van der Waals surface area (Å²) < 4.78 is 10.4. The van der Waals surface area contributed by atoms with E-state index in [1.807, 2.05) is 26.1 Å². The third-order valence-electron chi connectivity index (χ3n) is 2.71. The van der Waals surface area contributed by atoms with E-state index < -0.39 is 0 Å². The van der Waals surface area contributed by atoms with Gasteiger partial charge in [-0.05, 0) is 26.5 Å². The molecular weight excluding hydrogens is 230 g/mol. The molecule has 102 valence electrons. The lowest BCUT2D eigenvalue weighted by Crippen LogP contribution is -2.20. The standard InChI is InChI=1S/C14H23NO3/c1-4-18-13-8-5-7-12(14(13)16)11-15(2)9-6-10-17-3/h5,7-8,16H,4,6,9-11H2,1-3H3. The van der Waals surface area contributed by atoms with Crippen molar-refractivity contribution < 1.29 is 14.6 Å². The number of para-hydroxylation sites is 1. The van der Waals surface area contributed by atoms with Gasteiger partial charge in [0, 0.05) is 32.4 Å². The summed E-state index contributed by atoms with van der Waals surface area (Å²) in [7, 11) is 3.74. The molecule has 0 saturated carbocycles. The highest BCUT2D eigenvalue weighted by atomic mass is 16.5. The average Bonchev–Trinajstić information content (AvgIpc) is 2.35. The Balaban J connectivity index is 2.58. The highest BCUT2D eigenvalue weighted by molar-refractivity contribution is 5.45. The number of phenolic OH excluding ortho intramolecular Hbond substituents is 1. The van der Waals surface area contributed by atoms with Crippen molar-refractivity contribution in [3.8, 4) is 11.5 Å². The van der Waals surface area contributed by atoms with Crippen molar-refractivity contribution >= 4 is 0 Å². The van der Waals surface area contributed by atoms with Crippen LogP contribution in [0.3, 0.4) is 0 Å². The quantitative estimate of drug-likeness (QED) is 0.722. The summed E-state index contributed by atoms with van der Waals surface area (Å²) in [6, 6.07) is 5.61. The van der Waals surface area contributed by atoms with E-state index in [9.17, 15) is 5.11 Å². The van der Waals surface area contributed by atoms with Crippen LogP contribution >= 0.6 is 0 Å². The molecule has 18 heavy (non-hydrogen) atoms. The molecule has 0 heterocycles. The molecule has 0 fully saturated rings. The van der Waals surface area contributed by atoms with E-state index in [1.165, 1.54) is 0 Å². The number of nitrogens with zero attached hydrogens (tertiary/aromatic N) is 1. The van der Waals surface area contributed by atoms with Gasteiger partial charge < -0.3 is 19.5 Å². The fraction of sp³-hybridized carbons (Fsp3) is 0.571. The summed E-state index contributed by atoms with van der Waals surface area (Å²) in [4.78, 5) is 2.16. The van der Waals surface area contributed by atoms with Gasteiger partial charge in [-0.1, -0.05) is 12.1 Å². The van der Waals surface area contributed by atoms with Crippen molar-refractivity contribution in [1.82, 2.24) is 4.90 Å². The van der Waals surface area contributed by atoms with Crippen molar-refractivity contribution in [1.29, 1.82) is 0 Å². The van der Waals surface area contributed by atoms with Crippen molar-refractivity contribution in [3.05, 3.63) is 23.8 Å². The summed E-state index contributed by atoms with van der Waals surface area (Å²) in [5, 5.41) is 10.1. The maximum absolute atomic E-state index is 10.1. The summed E-state index contributed by atoms with van der Waals surface area (Å²) in [5.74, 6) is 0.804. The minimum absolute atomic E-state index is 0.248. The fourth-order valence-electron chi connectivity index (χ4n) is 1.82. The van der Waals surface area contributed by atoms with E-state index in [1.54, 1.807) is 13.2 Å². The number of ether oxygens (including phenoxy) is 2. The van der Waals surface area contributed by atoms with Crippen LogP contribution in [0.1, 0.15) is 18.9 Å². The molecule has 1 aromatic carbocycles. The van der Waals surface area contributed by atoms with Crippen LogP contribution in [0.4, 0.5) is 0 Å². The topological polar surface area (TPSA) is 41.9 Å². The van der Waals surface area contributed by atoms with Crippen LogP contribution in [-0.2, 0) is 11.3 Å². The second-order valence-corrected chi connectivity index (χ2v) is 4.28. The van der Waals surface area contributed by atoms with Crippen molar-refractivity contribution in [2.45, 2.75) is 19.9 Å². The summed E-state index contributed by atoms with van der Waals surface area (Å²) in [6.45, 7) is 4.86. The predicted octanol–water partition coefficient (Wildman–Crippen LogP) is 2.26. The zero-order valence-electron chi connectivity index (χ0n) is 11.5. The molecule has 1 N–H and O–H groups in total. The number of aromatic hydroxyl groups is 1. The molecule has 0 aliphatic rings. The van der Waals surface area contributed by atoms with Gasteiger partial charge in [0.1, 0.15) is 0 Å². The van der Waals surface area contributed by atoms with Crippen LogP contribution in [0.25, 0.3) is 0 Å². The number of rotatable bonds is 8. The Bertz CT molecular complexity index is 355. The van der Waals surface area contributed by atoms with Gasteiger partial charge in [-0.25, -0.2) is 0 Å². The highest BCUT2D eigenvalue weighted by Gasteiger charge is 2.09. The monoisotopic (exact) mass is 253 g/mol. The average molecular weight is 253 g/mol. The van der Waals surface area contributed by atoms with Crippen LogP contribution in [-0.4, -0.2) is 43.9 Å². The molecule has 0 bridgehead atoms. The predicted molar refractivity (Wildman–Crippen MR) is 72.1 cm³/mol. The van der Waals surface area contributed by atoms with Crippen LogP contribution in [0, 0.1) is 0 Å². The minimum Gasteiger partial charge on any atom is -0.504 e. The van der Waals surface area contributed by atoms with Gasteiger partial charge >= 0.3 is 0 Å². The lowest BCUT2D eigenvalue weighted by atomic mass is 10.1. The first-order valence-electron chi connectivity index (χ1n) is 6.30. The first-order chi connectivity index (χ1) is 8.69. The van der Waals surface area contributed by atoms with Gasteiger partial charge in [0.05, 0.1) is 6.61 Å². The first kappa shape index (κ1) is 14.8. The number of methoxy groups -OCH3 is 1. The first-order valence-corrected chi connectivity index (χ1v) is 6.30. The second-order valence-electron chi connectivity index (χ2n) is 4.28. The van der Waals surface area contributed by atoms with Crippen LogP contribution in [0.2, 0.25) is 0 Å². The molecule has 0 spiro atoms. The maximum Gasteiger partial charge on any atom is 0.162 e. The molecule has 0 aliphatic heterocycles. The van der Waals surface area contributed by atoms with E-state index in [0.29, 0.717) is 18.9 Å². The van der Waals surface area contributed by atoms with E-state index in [2.05, 4.69) is 4.90 Å². The summed E-state index contributed by atoms with van der Waals surface area (Å²) in [5.41, 5.74) is 0.890. The number of hydrogen-bond donors (Lipinski definition) is 1. The third-order valence-corrected chi connectivity index (χ3v) is 2.71. The van der Waals surface area contributed by atoms with Crippen LogP contribution in [0.15, 0.2) is 18.2 Å². The minimum atomic E-state index is 0.248. The Hall–Kier alpha value is -1.26. The fourth-order valence-corrected chi connectivity index (χ4v) is 1.82. The smallest absolute Gasteiger partial charge is 0.162 e. The molecule has 0 unspecified atom stereocenters. The van der Waals surface area contributed by atoms with Gasteiger partial charge in [-0.3, -0.25) is 0 Å². The van der Waals surface area contributed by atoms with E-state index >= 15 is 0 Å². The molecule has 0 aliphatic carbocycles. The van der Waals surface area contributed by atoms with Crippen molar-refractivity contribution in [3.63, 3.8) is 0 Å². The summed E-state index contributed by atoms with van der Waals surface area (Å²) >= 11 is 0. The lowest BCUT2D eigenvalue weighted by Gasteiger charge is -2.18. The zero-order chi connectivity index (χ0) is 13.4. The Morgan fingerprint density at radius 3 is 2.78 bits per heavy atom. The largest absolute Gasteiger partial charge is 0.504 e. The Morgan fingerprint density at radius 2 is 2.11 bits per heavy atom. The van der Waals surface area contributed by atoms with E-state index in [-0.39, 0.29) is 5.75 Å². The Kier molecular flexibility index (Phi) is 6.54. The Morgan fingerprint density at radius 1 is 1.33 bits per heavy atom. The maximum atomic E-state index is 10.1. The molecule has 0 atom stereocenters. The third kappa shape index (κ3) is 4.55. The van der Waals surface area contributed by atoms with Crippen LogP contribution in [0.5, 0.6) is 11.5 Å². The zero-order valence-corrected chi connectivity index (χ0v) is 11.5. The number of benzene rings is 1. The summed E-state index contributed by atoms with van der Waals surface area (Å²) in [6.07, 6.45) is 0.985. The molecule has 1 rings (SSSR count). The molecule has 4 heteroatoms. The molecule has 0 aromatic heterocycles. The van der Waals surface area contributed by atoms with E-state index in [4.69, 9.17) is 9.47 Å². The van der Waals surface area contributed by atoms with Gasteiger partial charge in [-0.2, -0.15) is 0 Å². The van der Waals surface area contributed by atoms with Crippen LogP contribution < -0.4 is 4.74 Å². The molecule has 0 saturated heterocycles. The highest BCUT2D eigenvalue weighted by Crippen LogP contribution is 2.30. The van der Waals surface area contributed by atoms with Crippen molar-refractivity contribution in [2.24, 2.45) is 0 Å². The SMILES string of the molecule is CCOc1cccc(CN(C)CCCOC)c1O. The molecular formula is C14H23NO3. The lowest BCUT2D eigenvalue weighted by molar-refractivity contribution is 0.177. The van der Waals surface area contributed by atoms with Gasteiger partial charge in [0.15, 0.2) is 11.5 Å². The van der Waals surface area contributed by atoms with Gasteiger partial charge in [0.25, 0.3) is 0 Å². The molecule has 1 aromatic rings. The normalized spacial score (nSPS) is 10.9. The van der Waals surface area contributed by atoms with E-state index in [0.717, 1.165) is 25.1 Å².